The van der Waals surface area contributed by atoms with E-state index in [9.17, 15) is 4.79 Å². The molecule has 0 bridgehead atoms. The maximum atomic E-state index is 11.9. The fourth-order valence-electron chi connectivity index (χ4n) is 2.61. The van der Waals surface area contributed by atoms with Crippen molar-refractivity contribution in [1.29, 1.82) is 0 Å². The molecule has 0 aromatic carbocycles. The zero-order valence-electron chi connectivity index (χ0n) is 9.59. The Balaban J connectivity index is 1.75. The lowest BCUT2D eigenvalue weighted by Crippen LogP contribution is -2.46. The molecule has 2 atom stereocenters. The summed E-state index contributed by atoms with van der Waals surface area (Å²) in [5.74, 6) is 0.489. The van der Waals surface area contributed by atoms with Crippen LogP contribution in [-0.2, 0) is 4.79 Å². The topological polar surface area (TPSA) is 41.1 Å². The van der Waals surface area contributed by atoms with Crippen LogP contribution in [0.1, 0.15) is 45.4 Å². The minimum Gasteiger partial charge on any atom is -0.353 e. The molecular formula is C12H22N2O. The van der Waals surface area contributed by atoms with E-state index in [0.29, 0.717) is 12.1 Å². The van der Waals surface area contributed by atoms with E-state index in [-0.39, 0.29) is 11.8 Å². The number of hydrogen-bond acceptors (Lipinski definition) is 2. The van der Waals surface area contributed by atoms with Crippen molar-refractivity contribution in [3.63, 3.8) is 0 Å². The van der Waals surface area contributed by atoms with Crippen molar-refractivity contribution in [2.75, 3.05) is 6.54 Å². The van der Waals surface area contributed by atoms with Gasteiger partial charge in [0.25, 0.3) is 0 Å². The Hall–Kier alpha value is -0.570. The maximum absolute atomic E-state index is 11.9. The Labute approximate surface area is 92.0 Å². The summed E-state index contributed by atoms with van der Waals surface area (Å²) in [5, 5.41) is 6.56. The van der Waals surface area contributed by atoms with Gasteiger partial charge >= 0.3 is 0 Å². The number of carbonyl (C=O) groups is 1. The molecule has 1 saturated carbocycles. The van der Waals surface area contributed by atoms with E-state index in [4.69, 9.17) is 0 Å². The van der Waals surface area contributed by atoms with Gasteiger partial charge in [-0.1, -0.05) is 12.8 Å². The molecular weight excluding hydrogens is 188 g/mol. The fourth-order valence-corrected chi connectivity index (χ4v) is 2.61. The van der Waals surface area contributed by atoms with Crippen molar-refractivity contribution in [3.05, 3.63) is 0 Å². The van der Waals surface area contributed by atoms with E-state index in [1.54, 1.807) is 0 Å². The Kier molecular flexibility index (Phi) is 3.62. The van der Waals surface area contributed by atoms with Gasteiger partial charge in [0.2, 0.25) is 5.91 Å². The molecule has 2 unspecified atom stereocenters. The van der Waals surface area contributed by atoms with Crippen LogP contribution in [0, 0.1) is 5.92 Å². The molecule has 0 aromatic heterocycles. The van der Waals surface area contributed by atoms with Crippen LogP contribution in [0.4, 0.5) is 0 Å². The first kappa shape index (κ1) is 10.9. The largest absolute Gasteiger partial charge is 0.353 e. The third-order valence-corrected chi connectivity index (χ3v) is 3.73. The van der Waals surface area contributed by atoms with Gasteiger partial charge < -0.3 is 10.6 Å². The Morgan fingerprint density at radius 2 is 1.93 bits per heavy atom. The molecule has 1 aliphatic carbocycles. The van der Waals surface area contributed by atoms with Gasteiger partial charge in [-0.05, 0) is 32.6 Å². The van der Waals surface area contributed by atoms with Gasteiger partial charge in [0.15, 0.2) is 0 Å². The highest BCUT2D eigenvalue weighted by Crippen LogP contribution is 2.19. The average molecular weight is 210 g/mol. The lowest BCUT2D eigenvalue weighted by molar-refractivity contribution is -0.126. The highest BCUT2D eigenvalue weighted by molar-refractivity contribution is 5.79. The molecule has 0 spiro atoms. The van der Waals surface area contributed by atoms with E-state index in [0.717, 1.165) is 19.4 Å². The van der Waals surface area contributed by atoms with Crippen LogP contribution in [0.25, 0.3) is 0 Å². The predicted molar refractivity (Wildman–Crippen MR) is 60.6 cm³/mol. The first-order valence-electron chi connectivity index (χ1n) is 6.29. The quantitative estimate of drug-likeness (QED) is 0.724. The molecule has 2 N–H and O–H groups in total. The van der Waals surface area contributed by atoms with Crippen molar-refractivity contribution >= 4 is 5.91 Å². The van der Waals surface area contributed by atoms with Gasteiger partial charge in [-0.15, -0.1) is 0 Å². The number of hydrogen-bond donors (Lipinski definition) is 2. The standard InChI is InChI=1S/C12H22N2O/c1-9-6-7-10(8-13-9)12(15)14-11-4-2-3-5-11/h9-11,13H,2-8H2,1H3,(H,14,15). The molecule has 2 rings (SSSR count). The van der Waals surface area contributed by atoms with Gasteiger partial charge in [0, 0.05) is 18.6 Å². The summed E-state index contributed by atoms with van der Waals surface area (Å²) >= 11 is 0. The summed E-state index contributed by atoms with van der Waals surface area (Å²) in [6.07, 6.45) is 7.11. The van der Waals surface area contributed by atoms with Crippen LogP contribution in [0.3, 0.4) is 0 Å². The van der Waals surface area contributed by atoms with Gasteiger partial charge in [0.05, 0.1) is 5.92 Å². The second kappa shape index (κ2) is 4.97. The van der Waals surface area contributed by atoms with Crippen LogP contribution < -0.4 is 10.6 Å². The molecule has 1 saturated heterocycles. The minimum absolute atomic E-state index is 0.210. The normalized spacial score (nSPS) is 32.9. The highest BCUT2D eigenvalue weighted by Gasteiger charge is 2.26. The Bertz CT molecular complexity index is 216. The zero-order chi connectivity index (χ0) is 10.7. The summed E-state index contributed by atoms with van der Waals surface area (Å²) in [6, 6.07) is 1.05. The molecule has 3 nitrogen and oxygen atoms in total. The first-order chi connectivity index (χ1) is 7.25. The van der Waals surface area contributed by atoms with Crippen molar-refractivity contribution in [1.82, 2.24) is 10.6 Å². The minimum atomic E-state index is 0.210. The second-order valence-corrected chi connectivity index (χ2v) is 5.07. The smallest absolute Gasteiger partial charge is 0.224 e. The molecule has 3 heteroatoms. The van der Waals surface area contributed by atoms with Crippen molar-refractivity contribution in [2.24, 2.45) is 5.92 Å². The zero-order valence-corrected chi connectivity index (χ0v) is 9.59. The molecule has 2 fully saturated rings. The molecule has 1 aliphatic heterocycles. The lowest BCUT2D eigenvalue weighted by atomic mass is 9.94. The number of nitrogens with one attached hydrogen (secondary N) is 2. The molecule has 86 valence electrons. The molecule has 1 amide bonds. The van der Waals surface area contributed by atoms with Gasteiger partial charge in [-0.25, -0.2) is 0 Å². The van der Waals surface area contributed by atoms with Crippen LogP contribution >= 0.6 is 0 Å². The maximum Gasteiger partial charge on any atom is 0.224 e. The SMILES string of the molecule is CC1CCC(C(=O)NC2CCCC2)CN1. The second-order valence-electron chi connectivity index (χ2n) is 5.07. The summed E-state index contributed by atoms with van der Waals surface area (Å²) in [7, 11) is 0. The van der Waals surface area contributed by atoms with Crippen molar-refractivity contribution in [3.8, 4) is 0 Å². The lowest BCUT2D eigenvalue weighted by Gasteiger charge is -2.27. The van der Waals surface area contributed by atoms with Gasteiger partial charge in [-0.3, -0.25) is 4.79 Å². The van der Waals surface area contributed by atoms with E-state index in [1.807, 2.05) is 0 Å². The molecule has 0 aromatic rings. The van der Waals surface area contributed by atoms with Gasteiger partial charge in [-0.2, -0.15) is 0 Å². The summed E-state index contributed by atoms with van der Waals surface area (Å²) in [5.41, 5.74) is 0. The Morgan fingerprint density at radius 3 is 2.53 bits per heavy atom. The monoisotopic (exact) mass is 210 g/mol. The summed E-state index contributed by atoms with van der Waals surface area (Å²) < 4.78 is 0. The number of amides is 1. The summed E-state index contributed by atoms with van der Waals surface area (Å²) in [4.78, 5) is 11.9. The van der Waals surface area contributed by atoms with E-state index in [1.165, 1.54) is 25.7 Å². The fraction of sp³-hybridized carbons (Fsp3) is 0.917. The number of carbonyl (C=O) groups excluding carboxylic acids is 1. The molecule has 2 aliphatic rings. The van der Waals surface area contributed by atoms with Gasteiger partial charge in [0.1, 0.15) is 0 Å². The van der Waals surface area contributed by atoms with Crippen molar-refractivity contribution in [2.45, 2.75) is 57.5 Å². The van der Waals surface area contributed by atoms with Crippen molar-refractivity contribution < 1.29 is 4.79 Å². The van der Waals surface area contributed by atoms with E-state index >= 15 is 0 Å². The van der Waals surface area contributed by atoms with E-state index in [2.05, 4.69) is 17.6 Å². The van der Waals surface area contributed by atoms with Crippen LogP contribution in [0.5, 0.6) is 0 Å². The van der Waals surface area contributed by atoms with E-state index < -0.39 is 0 Å². The molecule has 15 heavy (non-hydrogen) atoms. The average Bonchev–Trinajstić information content (AvgIpc) is 2.71. The molecule has 1 heterocycles. The third kappa shape index (κ3) is 2.94. The molecule has 0 radical (unpaired) electrons. The van der Waals surface area contributed by atoms with Crippen LogP contribution in [0.2, 0.25) is 0 Å². The number of rotatable bonds is 2. The number of piperidine rings is 1. The predicted octanol–water partition coefficient (Wildman–Crippen LogP) is 1.43. The van der Waals surface area contributed by atoms with Crippen LogP contribution in [-0.4, -0.2) is 24.5 Å². The van der Waals surface area contributed by atoms with Crippen LogP contribution in [0.15, 0.2) is 0 Å². The first-order valence-corrected chi connectivity index (χ1v) is 6.29. The Morgan fingerprint density at radius 1 is 1.20 bits per heavy atom. The highest BCUT2D eigenvalue weighted by atomic mass is 16.2. The third-order valence-electron chi connectivity index (χ3n) is 3.73. The summed E-state index contributed by atoms with van der Waals surface area (Å²) in [6.45, 7) is 3.05.